The topological polar surface area (TPSA) is 60.9 Å². The van der Waals surface area contributed by atoms with Gasteiger partial charge < -0.3 is 19.1 Å². The van der Waals surface area contributed by atoms with Gasteiger partial charge in [-0.25, -0.2) is 4.98 Å². The highest BCUT2D eigenvalue weighted by molar-refractivity contribution is 7.09. The minimum absolute atomic E-state index is 0.0621. The number of hydrogen-bond acceptors (Lipinski definition) is 6. The molecule has 0 N–H and O–H groups in total. The smallest absolute Gasteiger partial charge is 0.254 e. The second-order valence-corrected chi connectivity index (χ2v) is 8.49. The number of carbonyl (C=O) groups excluding carboxylic acids is 1. The molecule has 0 unspecified atom stereocenters. The minimum Gasteiger partial charge on any atom is -0.493 e. The van der Waals surface area contributed by atoms with Crippen LogP contribution in [0, 0.1) is 6.92 Å². The van der Waals surface area contributed by atoms with Crippen molar-refractivity contribution in [2.75, 3.05) is 14.2 Å². The molecule has 0 bridgehead atoms. The van der Waals surface area contributed by atoms with Crippen molar-refractivity contribution in [3.63, 3.8) is 0 Å². The fourth-order valence-electron chi connectivity index (χ4n) is 3.37. The number of thiazole rings is 1. The van der Waals surface area contributed by atoms with Crippen LogP contribution in [0.5, 0.6) is 17.2 Å². The SMILES string of the molecule is COc1cccc(OC)c1OCc1nc(CN(C(=O)c2ccc(C)cc2)C2CC2)cs1. The summed E-state index contributed by atoms with van der Waals surface area (Å²) in [5.41, 5.74) is 2.74. The number of ether oxygens (including phenoxy) is 3. The highest BCUT2D eigenvalue weighted by atomic mass is 32.1. The van der Waals surface area contributed by atoms with Gasteiger partial charge in [0, 0.05) is 17.0 Å². The number of aromatic nitrogens is 1. The Hall–Kier alpha value is -3.06. The van der Waals surface area contributed by atoms with Gasteiger partial charge in [0.15, 0.2) is 11.5 Å². The van der Waals surface area contributed by atoms with E-state index in [1.165, 1.54) is 11.3 Å². The van der Waals surface area contributed by atoms with Gasteiger partial charge in [0.25, 0.3) is 5.91 Å². The van der Waals surface area contributed by atoms with Crippen LogP contribution < -0.4 is 14.2 Å². The zero-order valence-electron chi connectivity index (χ0n) is 18.0. The van der Waals surface area contributed by atoms with Crippen LogP contribution in [0.25, 0.3) is 0 Å². The first-order valence-electron chi connectivity index (χ1n) is 10.2. The summed E-state index contributed by atoms with van der Waals surface area (Å²) in [6.45, 7) is 2.83. The average Bonchev–Trinajstić information content (AvgIpc) is 3.54. The van der Waals surface area contributed by atoms with E-state index in [2.05, 4.69) is 0 Å². The molecule has 1 amide bonds. The minimum atomic E-state index is 0.0621. The molecule has 0 atom stereocenters. The van der Waals surface area contributed by atoms with E-state index in [9.17, 15) is 4.79 Å². The molecule has 0 spiro atoms. The number of hydrogen-bond donors (Lipinski definition) is 0. The van der Waals surface area contributed by atoms with Crippen molar-refractivity contribution in [2.24, 2.45) is 0 Å². The fourth-order valence-corrected chi connectivity index (χ4v) is 4.07. The van der Waals surface area contributed by atoms with Crippen molar-refractivity contribution >= 4 is 17.2 Å². The number of aryl methyl sites for hydroxylation is 1. The Kier molecular flexibility index (Phi) is 6.42. The Morgan fingerprint density at radius 2 is 1.77 bits per heavy atom. The predicted molar refractivity (Wildman–Crippen MR) is 120 cm³/mol. The summed E-state index contributed by atoms with van der Waals surface area (Å²) >= 11 is 1.52. The summed E-state index contributed by atoms with van der Waals surface area (Å²) in [6, 6.07) is 13.6. The first-order valence-corrected chi connectivity index (χ1v) is 11.1. The molecule has 1 heterocycles. The van der Waals surface area contributed by atoms with Crippen molar-refractivity contribution in [3.05, 3.63) is 69.7 Å². The Labute approximate surface area is 186 Å². The normalized spacial score (nSPS) is 13.0. The van der Waals surface area contributed by atoms with Crippen molar-refractivity contribution in [1.82, 2.24) is 9.88 Å². The highest BCUT2D eigenvalue weighted by Gasteiger charge is 2.33. The molecule has 1 saturated carbocycles. The average molecular weight is 439 g/mol. The van der Waals surface area contributed by atoms with Crippen LogP contribution >= 0.6 is 11.3 Å². The molecule has 3 aromatic rings. The molecule has 2 aromatic carbocycles. The van der Waals surface area contributed by atoms with Gasteiger partial charge in [0.1, 0.15) is 11.6 Å². The maximum atomic E-state index is 13.0. The molecule has 1 aromatic heterocycles. The molecule has 162 valence electrons. The van der Waals surface area contributed by atoms with Gasteiger partial charge in [-0.3, -0.25) is 4.79 Å². The fraction of sp³-hybridized carbons (Fsp3) is 0.333. The number of carbonyl (C=O) groups is 1. The number of rotatable bonds is 9. The third kappa shape index (κ3) is 4.99. The molecule has 7 heteroatoms. The van der Waals surface area contributed by atoms with Gasteiger partial charge in [-0.15, -0.1) is 11.3 Å². The zero-order chi connectivity index (χ0) is 21.8. The van der Waals surface area contributed by atoms with Crippen LogP contribution in [0.3, 0.4) is 0 Å². The van der Waals surface area contributed by atoms with Gasteiger partial charge in [0.2, 0.25) is 5.75 Å². The Morgan fingerprint density at radius 3 is 2.39 bits per heavy atom. The standard InChI is InChI=1S/C24H26N2O4S/c1-16-7-9-17(10-8-16)24(27)26(19-11-12-19)13-18-15-31-22(25-18)14-30-23-20(28-2)5-4-6-21(23)29-3/h4-10,15,19H,11-14H2,1-3H3. The Morgan fingerprint density at radius 1 is 1.10 bits per heavy atom. The molecule has 0 aliphatic heterocycles. The second kappa shape index (κ2) is 9.39. The summed E-state index contributed by atoms with van der Waals surface area (Å²) in [6.07, 6.45) is 2.09. The quantitative estimate of drug-likeness (QED) is 0.478. The number of methoxy groups -OCH3 is 2. The van der Waals surface area contributed by atoms with E-state index < -0.39 is 0 Å². The number of nitrogens with zero attached hydrogens (tertiary/aromatic N) is 2. The van der Waals surface area contributed by atoms with E-state index in [1.54, 1.807) is 14.2 Å². The lowest BCUT2D eigenvalue weighted by atomic mass is 10.1. The molecule has 1 aliphatic rings. The largest absolute Gasteiger partial charge is 0.493 e. The molecule has 0 radical (unpaired) electrons. The zero-order valence-corrected chi connectivity index (χ0v) is 18.8. The lowest BCUT2D eigenvalue weighted by Crippen LogP contribution is -2.32. The first kappa shape index (κ1) is 21.2. The number of benzene rings is 2. The van der Waals surface area contributed by atoms with Crippen LogP contribution in [0.15, 0.2) is 47.8 Å². The summed E-state index contributed by atoms with van der Waals surface area (Å²) in [7, 11) is 3.20. The van der Waals surface area contributed by atoms with E-state index in [1.807, 2.05) is 59.7 Å². The highest BCUT2D eigenvalue weighted by Crippen LogP contribution is 2.37. The molecule has 1 aliphatic carbocycles. The predicted octanol–water partition coefficient (Wildman–Crippen LogP) is 4.85. The summed E-state index contributed by atoms with van der Waals surface area (Å²) in [4.78, 5) is 19.7. The maximum Gasteiger partial charge on any atom is 0.254 e. The molecule has 4 rings (SSSR count). The van der Waals surface area contributed by atoms with Crippen molar-refractivity contribution in [3.8, 4) is 17.2 Å². The molecular formula is C24H26N2O4S. The van der Waals surface area contributed by atoms with E-state index in [0.29, 0.717) is 36.4 Å². The van der Waals surface area contributed by atoms with Crippen LogP contribution in [0.2, 0.25) is 0 Å². The van der Waals surface area contributed by atoms with Gasteiger partial charge >= 0.3 is 0 Å². The first-order chi connectivity index (χ1) is 15.1. The maximum absolute atomic E-state index is 13.0. The molecule has 6 nitrogen and oxygen atoms in total. The molecule has 1 fully saturated rings. The van der Waals surface area contributed by atoms with Crippen LogP contribution in [0.4, 0.5) is 0 Å². The second-order valence-electron chi connectivity index (χ2n) is 7.54. The summed E-state index contributed by atoms with van der Waals surface area (Å²) < 4.78 is 16.7. The molecular weight excluding hydrogens is 412 g/mol. The number of amides is 1. The Balaban J connectivity index is 1.44. The summed E-state index contributed by atoms with van der Waals surface area (Å²) in [5.74, 6) is 1.84. The van der Waals surface area contributed by atoms with Gasteiger partial charge in [0.05, 0.1) is 26.5 Å². The monoisotopic (exact) mass is 438 g/mol. The van der Waals surface area contributed by atoms with Crippen LogP contribution in [0.1, 0.15) is 39.5 Å². The third-order valence-electron chi connectivity index (χ3n) is 5.20. The summed E-state index contributed by atoms with van der Waals surface area (Å²) in [5, 5.41) is 2.83. The van der Waals surface area contributed by atoms with Crippen LogP contribution in [-0.2, 0) is 13.2 Å². The molecule has 31 heavy (non-hydrogen) atoms. The van der Waals surface area contributed by atoms with Gasteiger partial charge in [-0.2, -0.15) is 0 Å². The third-order valence-corrected chi connectivity index (χ3v) is 6.07. The van der Waals surface area contributed by atoms with Crippen LogP contribution in [-0.4, -0.2) is 36.1 Å². The number of para-hydroxylation sites is 1. The van der Waals surface area contributed by atoms with E-state index in [4.69, 9.17) is 19.2 Å². The van der Waals surface area contributed by atoms with Gasteiger partial charge in [-0.05, 0) is 44.0 Å². The van der Waals surface area contributed by atoms with Crippen molar-refractivity contribution < 1.29 is 19.0 Å². The lowest BCUT2D eigenvalue weighted by Gasteiger charge is -2.21. The van der Waals surface area contributed by atoms with E-state index in [-0.39, 0.29) is 5.91 Å². The Bertz CT molecular complexity index is 1020. The van der Waals surface area contributed by atoms with E-state index in [0.717, 1.165) is 34.7 Å². The van der Waals surface area contributed by atoms with E-state index >= 15 is 0 Å². The van der Waals surface area contributed by atoms with Gasteiger partial charge in [-0.1, -0.05) is 23.8 Å². The lowest BCUT2D eigenvalue weighted by molar-refractivity contribution is 0.0728. The van der Waals surface area contributed by atoms with Crippen molar-refractivity contribution in [1.29, 1.82) is 0 Å². The van der Waals surface area contributed by atoms with Crippen molar-refractivity contribution in [2.45, 2.75) is 39.0 Å². The molecule has 0 saturated heterocycles.